The molecule has 0 unspecified atom stereocenters. The van der Waals surface area contributed by atoms with Gasteiger partial charge in [-0.15, -0.1) is 10.2 Å². The molecule has 8 nitrogen and oxygen atoms in total. The monoisotopic (exact) mass is 488 g/mol. The van der Waals surface area contributed by atoms with Gasteiger partial charge in [0.1, 0.15) is 18.2 Å². The fourth-order valence-electron chi connectivity index (χ4n) is 5.33. The zero-order chi connectivity index (χ0) is 25.6. The molecule has 0 radical (unpaired) electrons. The quantitative estimate of drug-likeness (QED) is 0.431. The molecule has 1 aliphatic heterocycles. The van der Waals surface area contributed by atoms with E-state index in [1.54, 1.807) is 6.33 Å². The summed E-state index contributed by atoms with van der Waals surface area (Å²) in [6, 6.07) is 6.35. The number of rotatable bonds is 6. The molecule has 1 saturated heterocycles. The highest BCUT2D eigenvalue weighted by Gasteiger charge is 2.25. The van der Waals surface area contributed by atoms with Crippen molar-refractivity contribution >= 4 is 22.5 Å². The van der Waals surface area contributed by atoms with Crippen LogP contribution in [0.2, 0.25) is 0 Å². The summed E-state index contributed by atoms with van der Waals surface area (Å²) in [6.07, 6.45) is 5.70. The number of likely N-dealkylation sites (N-methyl/N-ethyl adjacent to an activating group) is 1. The molecule has 4 aromatic rings. The number of aromatic nitrogens is 4. The Bertz CT molecular complexity index is 1410. The second-order valence-corrected chi connectivity index (χ2v) is 10.6. The molecule has 4 heterocycles. The Morgan fingerprint density at radius 3 is 2.64 bits per heavy atom. The summed E-state index contributed by atoms with van der Waals surface area (Å²) < 4.78 is 8.43. The van der Waals surface area contributed by atoms with Gasteiger partial charge in [0.25, 0.3) is 0 Å². The van der Waals surface area contributed by atoms with E-state index in [1.807, 2.05) is 28.3 Å². The van der Waals surface area contributed by atoms with Crippen LogP contribution in [-0.2, 0) is 4.79 Å². The van der Waals surface area contributed by atoms with Crippen LogP contribution in [-0.4, -0.2) is 75.1 Å². The highest BCUT2D eigenvalue weighted by Crippen LogP contribution is 2.39. The average molecular weight is 489 g/mol. The molecule has 0 bridgehead atoms. The molecule has 8 heteroatoms. The van der Waals surface area contributed by atoms with Crippen molar-refractivity contribution in [1.29, 1.82) is 0 Å². The topological polar surface area (TPSA) is 78.8 Å². The summed E-state index contributed by atoms with van der Waals surface area (Å²) in [6.45, 7) is 10.7. The van der Waals surface area contributed by atoms with E-state index in [4.69, 9.17) is 4.74 Å². The summed E-state index contributed by atoms with van der Waals surface area (Å²) in [5.74, 6) is 1.40. The van der Waals surface area contributed by atoms with Crippen molar-refractivity contribution in [3.8, 4) is 17.0 Å². The number of hydrogen-bond acceptors (Lipinski definition) is 5. The van der Waals surface area contributed by atoms with E-state index < -0.39 is 0 Å². The second-order valence-electron chi connectivity index (χ2n) is 10.6. The van der Waals surface area contributed by atoms with E-state index in [2.05, 4.69) is 67.3 Å². The van der Waals surface area contributed by atoms with E-state index in [0.29, 0.717) is 12.5 Å². The minimum atomic E-state index is 0.118. The number of aryl methyl sites for hydroxylation is 1. The summed E-state index contributed by atoms with van der Waals surface area (Å²) >= 11 is 0. The van der Waals surface area contributed by atoms with E-state index in [0.717, 1.165) is 59.7 Å². The molecule has 3 aromatic heterocycles. The molecule has 5 rings (SSSR count). The van der Waals surface area contributed by atoms with Crippen molar-refractivity contribution in [3.05, 3.63) is 47.4 Å². The number of amides is 1. The number of benzene rings is 1. The van der Waals surface area contributed by atoms with E-state index in [9.17, 15) is 4.79 Å². The van der Waals surface area contributed by atoms with Crippen LogP contribution in [0.4, 0.5) is 0 Å². The first kappa shape index (κ1) is 24.3. The first-order valence-corrected chi connectivity index (χ1v) is 12.8. The smallest absolute Gasteiger partial charge is 0.236 e. The number of nitrogens with one attached hydrogen (secondary N) is 1. The molecule has 36 heavy (non-hydrogen) atoms. The Morgan fingerprint density at radius 1 is 1.19 bits per heavy atom. The third kappa shape index (κ3) is 4.46. The number of hydrogen-bond donors (Lipinski definition) is 1. The maximum absolute atomic E-state index is 12.4. The van der Waals surface area contributed by atoms with Crippen LogP contribution < -0.4 is 4.74 Å². The summed E-state index contributed by atoms with van der Waals surface area (Å²) in [5.41, 5.74) is 7.93. The number of aromatic amines is 1. The van der Waals surface area contributed by atoms with Crippen LogP contribution >= 0.6 is 0 Å². The van der Waals surface area contributed by atoms with Crippen LogP contribution in [0, 0.1) is 13.8 Å². The first-order valence-electron chi connectivity index (χ1n) is 12.8. The number of pyridine rings is 1. The van der Waals surface area contributed by atoms with Crippen molar-refractivity contribution in [2.75, 3.05) is 33.7 Å². The maximum Gasteiger partial charge on any atom is 0.236 e. The second kappa shape index (κ2) is 9.58. The van der Waals surface area contributed by atoms with Crippen molar-refractivity contribution in [2.24, 2.45) is 0 Å². The van der Waals surface area contributed by atoms with Gasteiger partial charge in [-0.05, 0) is 68.8 Å². The lowest BCUT2D eigenvalue weighted by Crippen LogP contribution is -2.44. The minimum absolute atomic E-state index is 0.118. The van der Waals surface area contributed by atoms with Crippen LogP contribution in [0.5, 0.6) is 5.75 Å². The number of piperidine rings is 1. The molecular formula is C28H36N6O2. The van der Waals surface area contributed by atoms with Gasteiger partial charge in [-0.2, -0.15) is 0 Å². The van der Waals surface area contributed by atoms with Gasteiger partial charge < -0.3 is 19.5 Å². The lowest BCUT2D eigenvalue weighted by atomic mass is 9.94. The Kier molecular flexibility index (Phi) is 6.47. The Labute approximate surface area is 212 Å². The SMILES string of the molecule is Cc1c(-c2[nH]c3ccc(OC4CCN(C(=O)CN(C)C)CC4)cc3c2C(C)C)cn2cnnc2c1C. The van der Waals surface area contributed by atoms with E-state index >= 15 is 0 Å². The zero-order valence-corrected chi connectivity index (χ0v) is 22.1. The lowest BCUT2D eigenvalue weighted by Gasteiger charge is -2.32. The number of nitrogens with zero attached hydrogens (tertiary/aromatic N) is 5. The molecule has 1 N–H and O–H groups in total. The van der Waals surface area contributed by atoms with Crippen molar-refractivity contribution in [1.82, 2.24) is 29.4 Å². The summed E-state index contributed by atoms with van der Waals surface area (Å²) in [5, 5.41) is 9.56. The highest BCUT2D eigenvalue weighted by molar-refractivity contribution is 5.93. The Hall–Kier alpha value is -3.39. The van der Waals surface area contributed by atoms with E-state index in [-0.39, 0.29) is 12.0 Å². The number of likely N-dealkylation sites (tertiary alicyclic amines) is 1. The van der Waals surface area contributed by atoms with Gasteiger partial charge in [-0.25, -0.2) is 0 Å². The van der Waals surface area contributed by atoms with Gasteiger partial charge in [0.05, 0.1) is 12.2 Å². The van der Waals surface area contributed by atoms with Gasteiger partial charge in [0.15, 0.2) is 5.65 Å². The molecule has 1 fully saturated rings. The predicted octanol–water partition coefficient (Wildman–Crippen LogP) is 4.55. The molecule has 0 aliphatic carbocycles. The molecule has 1 amide bonds. The van der Waals surface area contributed by atoms with Crippen LogP contribution in [0.3, 0.4) is 0 Å². The van der Waals surface area contributed by atoms with Gasteiger partial charge in [0, 0.05) is 48.6 Å². The molecular weight excluding hydrogens is 452 g/mol. The third-order valence-corrected chi connectivity index (χ3v) is 7.35. The number of carbonyl (C=O) groups is 1. The molecule has 0 spiro atoms. The number of H-pyrrole nitrogens is 1. The first-order chi connectivity index (χ1) is 17.2. The number of ether oxygens (including phenoxy) is 1. The van der Waals surface area contributed by atoms with Crippen LogP contribution in [0.15, 0.2) is 30.7 Å². The molecule has 0 atom stereocenters. The van der Waals surface area contributed by atoms with Crippen LogP contribution in [0.25, 0.3) is 27.8 Å². The van der Waals surface area contributed by atoms with Gasteiger partial charge in [0.2, 0.25) is 5.91 Å². The van der Waals surface area contributed by atoms with Gasteiger partial charge in [-0.3, -0.25) is 9.20 Å². The van der Waals surface area contributed by atoms with E-state index in [1.165, 1.54) is 16.5 Å². The fraction of sp³-hybridized carbons (Fsp3) is 0.464. The third-order valence-electron chi connectivity index (χ3n) is 7.35. The van der Waals surface area contributed by atoms with Crippen molar-refractivity contribution < 1.29 is 9.53 Å². The largest absolute Gasteiger partial charge is 0.490 e. The number of fused-ring (bicyclic) bond motifs is 2. The van der Waals surface area contributed by atoms with Gasteiger partial charge >= 0.3 is 0 Å². The van der Waals surface area contributed by atoms with Gasteiger partial charge in [-0.1, -0.05) is 13.8 Å². The lowest BCUT2D eigenvalue weighted by molar-refractivity contribution is -0.133. The minimum Gasteiger partial charge on any atom is -0.490 e. The normalized spacial score (nSPS) is 15.1. The maximum atomic E-state index is 12.4. The highest BCUT2D eigenvalue weighted by atomic mass is 16.5. The van der Waals surface area contributed by atoms with Crippen molar-refractivity contribution in [3.63, 3.8) is 0 Å². The van der Waals surface area contributed by atoms with Crippen LogP contribution in [0.1, 0.15) is 49.3 Å². The van der Waals surface area contributed by atoms with Crippen molar-refractivity contribution in [2.45, 2.75) is 52.6 Å². The summed E-state index contributed by atoms with van der Waals surface area (Å²) in [4.78, 5) is 19.9. The fourth-order valence-corrected chi connectivity index (χ4v) is 5.33. The average Bonchev–Trinajstić information content (AvgIpc) is 3.46. The Morgan fingerprint density at radius 2 is 1.94 bits per heavy atom. The standard InChI is InChI=1S/C28H36N6O2/c1-17(2)26-22-13-21(36-20-9-11-33(12-10-20)25(35)15-32(5)6)7-8-24(22)30-27(26)23-14-34-16-29-31-28(34)19(4)18(23)3/h7-8,13-14,16-17,20,30H,9-12,15H2,1-6H3. The number of carbonyl (C=O) groups excluding carboxylic acids is 1. The summed E-state index contributed by atoms with van der Waals surface area (Å²) in [7, 11) is 3.86. The Balaban J connectivity index is 1.42. The molecule has 190 valence electrons. The molecule has 1 aliphatic rings. The molecule has 1 aromatic carbocycles. The zero-order valence-electron chi connectivity index (χ0n) is 22.1. The molecule has 0 saturated carbocycles. The predicted molar refractivity (Wildman–Crippen MR) is 143 cm³/mol.